The number of carbonyl (C=O) groups excluding carboxylic acids is 1. The Bertz CT molecular complexity index is 1220. The zero-order valence-corrected chi connectivity index (χ0v) is 20.4. The molecule has 0 saturated carbocycles. The van der Waals surface area contributed by atoms with Gasteiger partial charge < -0.3 is 10.1 Å². The SMILES string of the molecule is Cc1cccc(C)c1N(Cc1ccc(C(=O)Nc2cccc(OC(C)C)c2)cc1)S(C)(=O)=O. The minimum absolute atomic E-state index is 0.0402. The molecule has 1 amide bonds. The lowest BCUT2D eigenvalue weighted by molar-refractivity contribution is 0.102. The van der Waals surface area contributed by atoms with Gasteiger partial charge in [-0.05, 0) is 68.7 Å². The number of para-hydroxylation sites is 1. The number of aryl methyl sites for hydroxylation is 2. The van der Waals surface area contributed by atoms with Crippen molar-refractivity contribution in [3.05, 3.63) is 89.0 Å². The average Bonchev–Trinajstić information content (AvgIpc) is 2.72. The third-order valence-corrected chi connectivity index (χ3v) is 6.21. The number of benzene rings is 3. The van der Waals surface area contributed by atoms with E-state index in [1.165, 1.54) is 10.6 Å². The van der Waals surface area contributed by atoms with Crippen LogP contribution in [-0.4, -0.2) is 26.7 Å². The van der Waals surface area contributed by atoms with Crippen LogP contribution in [0.2, 0.25) is 0 Å². The molecule has 3 rings (SSSR count). The van der Waals surface area contributed by atoms with Crippen molar-refractivity contribution >= 4 is 27.3 Å². The zero-order chi connectivity index (χ0) is 24.2. The van der Waals surface area contributed by atoms with E-state index in [2.05, 4.69) is 5.32 Å². The average molecular weight is 467 g/mol. The summed E-state index contributed by atoms with van der Waals surface area (Å²) < 4.78 is 32.2. The van der Waals surface area contributed by atoms with Crippen molar-refractivity contribution < 1.29 is 17.9 Å². The highest BCUT2D eigenvalue weighted by Crippen LogP contribution is 2.28. The molecule has 0 saturated heterocycles. The van der Waals surface area contributed by atoms with Crippen LogP contribution in [0.25, 0.3) is 0 Å². The lowest BCUT2D eigenvalue weighted by Crippen LogP contribution is -2.30. The zero-order valence-electron chi connectivity index (χ0n) is 19.6. The highest BCUT2D eigenvalue weighted by molar-refractivity contribution is 7.92. The standard InChI is InChI=1S/C26H30N2O4S/c1-18(2)32-24-11-7-10-23(16-24)27-26(29)22-14-12-21(13-15-22)17-28(33(5,30)31)25-19(3)8-6-9-20(25)4/h6-16,18H,17H2,1-5H3,(H,27,29). The Labute approximate surface area is 196 Å². The van der Waals surface area contributed by atoms with Crippen molar-refractivity contribution in [2.24, 2.45) is 0 Å². The number of hydrogen-bond donors (Lipinski definition) is 1. The fraction of sp³-hybridized carbons (Fsp3) is 0.269. The van der Waals surface area contributed by atoms with Crippen molar-refractivity contribution in [1.82, 2.24) is 0 Å². The Morgan fingerprint density at radius 1 is 0.970 bits per heavy atom. The van der Waals surface area contributed by atoms with Crippen molar-refractivity contribution in [1.29, 1.82) is 0 Å². The van der Waals surface area contributed by atoms with Gasteiger partial charge >= 0.3 is 0 Å². The van der Waals surface area contributed by atoms with Crippen LogP contribution in [0.3, 0.4) is 0 Å². The Morgan fingerprint density at radius 3 is 2.15 bits per heavy atom. The predicted octanol–water partition coefficient (Wildman–Crippen LogP) is 5.31. The maximum Gasteiger partial charge on any atom is 0.255 e. The molecule has 0 aliphatic rings. The van der Waals surface area contributed by atoms with E-state index < -0.39 is 10.0 Å². The molecule has 0 fully saturated rings. The quantitative estimate of drug-likeness (QED) is 0.488. The van der Waals surface area contributed by atoms with Crippen LogP contribution < -0.4 is 14.4 Å². The molecular formula is C26H30N2O4S. The van der Waals surface area contributed by atoms with E-state index in [1.807, 2.05) is 58.0 Å². The molecule has 0 aliphatic carbocycles. The number of ether oxygens (including phenoxy) is 1. The molecule has 3 aromatic rings. The summed E-state index contributed by atoms with van der Waals surface area (Å²) in [5.74, 6) is 0.434. The number of anilines is 2. The fourth-order valence-corrected chi connectivity index (χ4v) is 4.61. The van der Waals surface area contributed by atoms with Gasteiger partial charge in [0, 0.05) is 17.3 Å². The number of nitrogens with zero attached hydrogens (tertiary/aromatic N) is 1. The van der Waals surface area contributed by atoms with Gasteiger partial charge in [-0.1, -0.05) is 36.4 Å². The van der Waals surface area contributed by atoms with Crippen molar-refractivity contribution in [2.75, 3.05) is 15.9 Å². The molecule has 1 N–H and O–H groups in total. The molecule has 6 nitrogen and oxygen atoms in total. The molecule has 0 bridgehead atoms. The number of nitrogens with one attached hydrogen (secondary N) is 1. The van der Waals surface area contributed by atoms with Gasteiger partial charge in [-0.25, -0.2) is 8.42 Å². The minimum Gasteiger partial charge on any atom is -0.491 e. The predicted molar refractivity (Wildman–Crippen MR) is 134 cm³/mol. The molecule has 33 heavy (non-hydrogen) atoms. The van der Waals surface area contributed by atoms with Crippen LogP contribution in [0.5, 0.6) is 5.75 Å². The number of sulfonamides is 1. The monoisotopic (exact) mass is 466 g/mol. The normalized spacial score (nSPS) is 11.3. The van der Waals surface area contributed by atoms with Gasteiger partial charge in [0.15, 0.2) is 0 Å². The van der Waals surface area contributed by atoms with E-state index in [-0.39, 0.29) is 18.6 Å². The second-order valence-electron chi connectivity index (χ2n) is 8.36. The summed E-state index contributed by atoms with van der Waals surface area (Å²) in [4.78, 5) is 12.7. The Morgan fingerprint density at radius 2 is 1.58 bits per heavy atom. The lowest BCUT2D eigenvalue weighted by Gasteiger charge is -2.26. The van der Waals surface area contributed by atoms with E-state index in [0.717, 1.165) is 16.7 Å². The largest absolute Gasteiger partial charge is 0.491 e. The Hall–Kier alpha value is -3.32. The maximum absolute atomic E-state index is 12.7. The van der Waals surface area contributed by atoms with Crippen molar-refractivity contribution in [3.8, 4) is 5.75 Å². The van der Waals surface area contributed by atoms with Crippen LogP contribution in [0.4, 0.5) is 11.4 Å². The molecule has 3 aromatic carbocycles. The summed E-state index contributed by atoms with van der Waals surface area (Å²) in [6, 6.07) is 19.9. The van der Waals surface area contributed by atoms with Gasteiger partial charge in [0.05, 0.1) is 24.6 Å². The van der Waals surface area contributed by atoms with E-state index in [4.69, 9.17) is 4.74 Å². The molecule has 0 spiro atoms. The number of hydrogen-bond acceptors (Lipinski definition) is 4. The lowest BCUT2D eigenvalue weighted by atomic mass is 10.1. The molecule has 0 heterocycles. The second kappa shape index (κ2) is 10.1. The van der Waals surface area contributed by atoms with Gasteiger partial charge in [-0.3, -0.25) is 9.10 Å². The van der Waals surface area contributed by atoms with Crippen LogP contribution in [0.15, 0.2) is 66.7 Å². The van der Waals surface area contributed by atoms with Crippen LogP contribution in [0.1, 0.15) is 40.9 Å². The Balaban J connectivity index is 1.77. The van der Waals surface area contributed by atoms with E-state index in [1.54, 1.807) is 36.4 Å². The molecule has 0 aliphatic heterocycles. The molecule has 0 radical (unpaired) electrons. The molecule has 0 unspecified atom stereocenters. The minimum atomic E-state index is -3.50. The Kier molecular flexibility index (Phi) is 7.43. The summed E-state index contributed by atoms with van der Waals surface area (Å²) >= 11 is 0. The van der Waals surface area contributed by atoms with Crippen molar-refractivity contribution in [2.45, 2.75) is 40.3 Å². The van der Waals surface area contributed by atoms with Crippen molar-refractivity contribution in [3.63, 3.8) is 0 Å². The molecule has 0 aromatic heterocycles. The van der Waals surface area contributed by atoms with Crippen LogP contribution in [-0.2, 0) is 16.6 Å². The molecule has 0 atom stereocenters. The van der Waals surface area contributed by atoms with Gasteiger partial charge in [-0.2, -0.15) is 0 Å². The summed E-state index contributed by atoms with van der Waals surface area (Å²) in [6.45, 7) is 7.86. The third-order valence-electron chi connectivity index (χ3n) is 5.10. The first kappa shape index (κ1) is 24.3. The first-order chi connectivity index (χ1) is 15.5. The topological polar surface area (TPSA) is 75.7 Å². The highest BCUT2D eigenvalue weighted by atomic mass is 32.2. The number of amides is 1. The first-order valence-electron chi connectivity index (χ1n) is 10.8. The summed E-state index contributed by atoms with van der Waals surface area (Å²) in [5.41, 5.74) is 4.37. The molecule has 174 valence electrons. The van der Waals surface area contributed by atoms with E-state index in [9.17, 15) is 13.2 Å². The van der Waals surface area contributed by atoms with E-state index in [0.29, 0.717) is 22.7 Å². The van der Waals surface area contributed by atoms with Crippen LogP contribution in [0, 0.1) is 13.8 Å². The number of rotatable bonds is 8. The molecule has 7 heteroatoms. The van der Waals surface area contributed by atoms with Gasteiger partial charge in [-0.15, -0.1) is 0 Å². The van der Waals surface area contributed by atoms with Gasteiger partial charge in [0.2, 0.25) is 10.0 Å². The van der Waals surface area contributed by atoms with E-state index >= 15 is 0 Å². The smallest absolute Gasteiger partial charge is 0.255 e. The van der Waals surface area contributed by atoms with Crippen LogP contribution >= 0.6 is 0 Å². The second-order valence-corrected chi connectivity index (χ2v) is 10.3. The highest BCUT2D eigenvalue weighted by Gasteiger charge is 2.21. The maximum atomic E-state index is 12.7. The summed E-state index contributed by atoms with van der Waals surface area (Å²) in [7, 11) is -3.50. The number of carbonyl (C=O) groups is 1. The molecular weight excluding hydrogens is 436 g/mol. The van der Waals surface area contributed by atoms with Gasteiger partial charge in [0.1, 0.15) is 5.75 Å². The third kappa shape index (κ3) is 6.35. The fourth-order valence-electron chi connectivity index (χ4n) is 3.61. The first-order valence-corrected chi connectivity index (χ1v) is 12.6. The summed E-state index contributed by atoms with van der Waals surface area (Å²) in [5, 5.41) is 2.87. The van der Waals surface area contributed by atoms with Gasteiger partial charge in [0.25, 0.3) is 5.91 Å². The summed E-state index contributed by atoms with van der Waals surface area (Å²) in [6.07, 6.45) is 1.25.